The first-order valence-corrected chi connectivity index (χ1v) is 6.87. The van der Waals surface area contributed by atoms with Gasteiger partial charge in [-0.05, 0) is 29.3 Å². The van der Waals surface area contributed by atoms with E-state index in [-0.39, 0.29) is 11.8 Å². The molecule has 104 valence electrons. The minimum absolute atomic E-state index is 0.0248. The van der Waals surface area contributed by atoms with Crippen LogP contribution in [0.25, 0.3) is 0 Å². The molecule has 1 unspecified atom stereocenters. The fraction of sp³-hybridized carbons (Fsp3) is 0.176. The second-order valence-electron chi connectivity index (χ2n) is 5.05. The topological polar surface area (TPSA) is 64.9 Å². The zero-order valence-electron chi connectivity index (χ0n) is 11.5. The lowest BCUT2D eigenvalue weighted by Crippen LogP contribution is -2.29. The molecule has 0 fully saturated rings. The Balaban J connectivity index is 1.64. The molecule has 0 aliphatic carbocycles. The van der Waals surface area contributed by atoms with E-state index in [4.69, 9.17) is 5.26 Å². The second-order valence-corrected chi connectivity index (χ2v) is 5.05. The molecule has 0 saturated carbocycles. The summed E-state index contributed by atoms with van der Waals surface area (Å²) in [5, 5.41) is 15.0. The van der Waals surface area contributed by atoms with Crippen molar-refractivity contribution in [1.82, 2.24) is 5.32 Å². The number of anilines is 1. The summed E-state index contributed by atoms with van der Waals surface area (Å²) in [6, 6.07) is 17.2. The van der Waals surface area contributed by atoms with Crippen LogP contribution in [-0.2, 0) is 11.3 Å². The van der Waals surface area contributed by atoms with Crippen LogP contribution in [0.2, 0.25) is 0 Å². The van der Waals surface area contributed by atoms with Crippen molar-refractivity contribution in [1.29, 1.82) is 5.26 Å². The van der Waals surface area contributed by atoms with Gasteiger partial charge in [-0.2, -0.15) is 5.26 Å². The van der Waals surface area contributed by atoms with Crippen molar-refractivity contribution in [3.05, 3.63) is 65.2 Å². The molecular formula is C17H15N3O. The molecule has 0 spiro atoms. The maximum atomic E-state index is 12.3. The number of benzene rings is 2. The fourth-order valence-electron chi connectivity index (χ4n) is 2.53. The first kappa shape index (κ1) is 13.2. The van der Waals surface area contributed by atoms with Gasteiger partial charge in [-0.15, -0.1) is 0 Å². The van der Waals surface area contributed by atoms with Gasteiger partial charge in [0, 0.05) is 18.8 Å². The Morgan fingerprint density at radius 3 is 2.76 bits per heavy atom. The lowest BCUT2D eigenvalue weighted by Gasteiger charge is -2.11. The molecule has 21 heavy (non-hydrogen) atoms. The van der Waals surface area contributed by atoms with Crippen LogP contribution in [0.5, 0.6) is 0 Å². The van der Waals surface area contributed by atoms with Gasteiger partial charge in [-0.3, -0.25) is 4.79 Å². The van der Waals surface area contributed by atoms with Gasteiger partial charge >= 0.3 is 0 Å². The molecule has 3 rings (SSSR count). The van der Waals surface area contributed by atoms with Gasteiger partial charge in [0.25, 0.3) is 0 Å². The number of amides is 1. The third-order valence-corrected chi connectivity index (χ3v) is 3.70. The summed E-state index contributed by atoms with van der Waals surface area (Å²) in [4.78, 5) is 12.3. The summed E-state index contributed by atoms with van der Waals surface area (Å²) in [6.07, 6.45) is 0. The first-order valence-electron chi connectivity index (χ1n) is 6.87. The quantitative estimate of drug-likeness (QED) is 0.905. The first-order chi connectivity index (χ1) is 10.3. The van der Waals surface area contributed by atoms with Crippen LogP contribution in [0.3, 0.4) is 0 Å². The molecule has 2 N–H and O–H groups in total. The van der Waals surface area contributed by atoms with Crippen molar-refractivity contribution in [3.63, 3.8) is 0 Å². The maximum Gasteiger partial charge on any atom is 0.229 e. The number of nitrogens with zero attached hydrogens (tertiary/aromatic N) is 1. The van der Waals surface area contributed by atoms with Gasteiger partial charge in [0.1, 0.15) is 0 Å². The van der Waals surface area contributed by atoms with Crippen LogP contribution in [0.1, 0.15) is 22.6 Å². The minimum Gasteiger partial charge on any atom is -0.384 e. The molecule has 2 aromatic carbocycles. The molecule has 2 aromatic rings. The average Bonchev–Trinajstić information content (AvgIpc) is 2.97. The summed E-state index contributed by atoms with van der Waals surface area (Å²) in [5.41, 5.74) is 3.70. The zero-order valence-corrected chi connectivity index (χ0v) is 11.5. The normalized spacial score (nSPS) is 15.7. The van der Waals surface area contributed by atoms with Crippen LogP contribution >= 0.6 is 0 Å². The monoisotopic (exact) mass is 277 g/mol. The summed E-state index contributed by atoms with van der Waals surface area (Å²) in [5.74, 6) is -0.114. The number of carbonyl (C=O) groups excluding carboxylic acids is 1. The summed E-state index contributed by atoms with van der Waals surface area (Å²) in [6.45, 7) is 1.11. The Hall–Kier alpha value is -2.80. The molecule has 0 bridgehead atoms. The number of para-hydroxylation sites is 1. The molecule has 1 heterocycles. The van der Waals surface area contributed by atoms with E-state index in [9.17, 15) is 4.79 Å². The Morgan fingerprint density at radius 1 is 1.24 bits per heavy atom. The number of hydrogen-bond donors (Lipinski definition) is 2. The molecule has 4 nitrogen and oxygen atoms in total. The molecule has 1 aliphatic rings. The summed E-state index contributed by atoms with van der Waals surface area (Å²) >= 11 is 0. The maximum absolute atomic E-state index is 12.3. The highest BCUT2D eigenvalue weighted by Crippen LogP contribution is 2.30. The predicted octanol–water partition coefficient (Wildman–Crippen LogP) is 2.38. The third-order valence-electron chi connectivity index (χ3n) is 3.70. The average molecular weight is 277 g/mol. The van der Waals surface area contributed by atoms with E-state index >= 15 is 0 Å². The van der Waals surface area contributed by atoms with E-state index in [2.05, 4.69) is 16.7 Å². The summed E-state index contributed by atoms with van der Waals surface area (Å²) < 4.78 is 0. The molecule has 0 aromatic heterocycles. The van der Waals surface area contributed by atoms with Crippen molar-refractivity contribution in [2.45, 2.75) is 12.5 Å². The third kappa shape index (κ3) is 2.72. The zero-order chi connectivity index (χ0) is 14.7. The van der Waals surface area contributed by atoms with Crippen LogP contribution in [-0.4, -0.2) is 12.5 Å². The van der Waals surface area contributed by atoms with E-state index in [1.54, 1.807) is 12.1 Å². The molecule has 1 atom stereocenters. The lowest BCUT2D eigenvalue weighted by atomic mass is 10.0. The summed E-state index contributed by atoms with van der Waals surface area (Å²) in [7, 11) is 0. The van der Waals surface area contributed by atoms with Gasteiger partial charge in [0.2, 0.25) is 5.91 Å². The number of nitrogens with one attached hydrogen (secondary N) is 2. The van der Waals surface area contributed by atoms with Crippen molar-refractivity contribution in [2.24, 2.45) is 0 Å². The number of hydrogen-bond acceptors (Lipinski definition) is 3. The number of nitriles is 1. The standard InChI is InChI=1S/C17H15N3O/c18-9-12-5-7-13(8-6-12)10-20-17(21)15-11-19-16-4-2-1-3-14(15)16/h1-8,15,19H,10-11H2,(H,20,21). The number of fused-ring (bicyclic) bond motifs is 1. The van der Waals surface area contributed by atoms with E-state index in [0.717, 1.165) is 16.8 Å². The molecule has 1 amide bonds. The van der Waals surface area contributed by atoms with Crippen LogP contribution in [0.15, 0.2) is 48.5 Å². The fourth-order valence-corrected chi connectivity index (χ4v) is 2.53. The predicted molar refractivity (Wildman–Crippen MR) is 80.7 cm³/mol. The molecule has 1 aliphatic heterocycles. The van der Waals surface area contributed by atoms with Gasteiger partial charge in [-0.25, -0.2) is 0 Å². The number of rotatable bonds is 3. The highest BCUT2D eigenvalue weighted by molar-refractivity contribution is 5.88. The van der Waals surface area contributed by atoms with Crippen LogP contribution < -0.4 is 10.6 Å². The second kappa shape index (κ2) is 5.68. The van der Waals surface area contributed by atoms with Crippen molar-refractivity contribution in [2.75, 3.05) is 11.9 Å². The molecule has 0 radical (unpaired) electrons. The van der Waals surface area contributed by atoms with Gasteiger partial charge in [0.05, 0.1) is 17.6 Å². The largest absolute Gasteiger partial charge is 0.384 e. The Kier molecular flexibility index (Phi) is 3.57. The molecule has 4 heteroatoms. The molecule has 0 saturated heterocycles. The van der Waals surface area contributed by atoms with Gasteiger partial charge in [-0.1, -0.05) is 30.3 Å². The smallest absolute Gasteiger partial charge is 0.229 e. The van der Waals surface area contributed by atoms with E-state index in [1.165, 1.54) is 0 Å². The highest BCUT2D eigenvalue weighted by Gasteiger charge is 2.27. The van der Waals surface area contributed by atoms with E-state index in [1.807, 2.05) is 36.4 Å². The SMILES string of the molecule is N#Cc1ccc(CNC(=O)C2CNc3ccccc32)cc1. The van der Waals surface area contributed by atoms with Gasteiger partial charge in [0.15, 0.2) is 0 Å². The van der Waals surface area contributed by atoms with Crippen molar-refractivity contribution in [3.8, 4) is 6.07 Å². The van der Waals surface area contributed by atoms with Crippen LogP contribution in [0, 0.1) is 11.3 Å². The Labute approximate surface area is 123 Å². The Bertz CT molecular complexity index is 701. The van der Waals surface area contributed by atoms with Gasteiger partial charge < -0.3 is 10.6 Å². The Morgan fingerprint density at radius 2 is 2.00 bits per heavy atom. The molecular weight excluding hydrogens is 262 g/mol. The van der Waals surface area contributed by atoms with Crippen LogP contribution in [0.4, 0.5) is 5.69 Å². The van der Waals surface area contributed by atoms with E-state index in [0.29, 0.717) is 18.7 Å². The van der Waals surface area contributed by atoms with Crippen molar-refractivity contribution < 1.29 is 4.79 Å². The minimum atomic E-state index is -0.139. The van der Waals surface area contributed by atoms with E-state index < -0.39 is 0 Å². The lowest BCUT2D eigenvalue weighted by molar-refractivity contribution is -0.122. The number of carbonyl (C=O) groups is 1. The highest BCUT2D eigenvalue weighted by atomic mass is 16.1. The van der Waals surface area contributed by atoms with Crippen molar-refractivity contribution >= 4 is 11.6 Å².